The number of hydrogen-bond acceptors (Lipinski definition) is 5. The molecule has 1 saturated heterocycles. The molecule has 0 radical (unpaired) electrons. The standard InChI is InChI=1S/C18H13N5O/c19-8-12-4-3-7-21-16(12)23-10-13(9-20)18(11-23)14-5-1-2-6-15(14)22-17(18)24/h1-7,13H,10-11H2,(H,22,24)/t13-,18+/m0/s1. The minimum absolute atomic E-state index is 0.160. The van der Waals surface area contributed by atoms with Crippen LogP contribution in [0.1, 0.15) is 11.1 Å². The molecule has 1 aromatic heterocycles. The predicted molar refractivity (Wildman–Crippen MR) is 87.0 cm³/mol. The topological polar surface area (TPSA) is 92.8 Å². The number of anilines is 2. The molecule has 2 aliphatic rings. The van der Waals surface area contributed by atoms with E-state index >= 15 is 0 Å². The fourth-order valence-corrected chi connectivity index (χ4v) is 3.74. The Kier molecular flexibility index (Phi) is 3.01. The SMILES string of the molecule is N#Cc1cccnc1N1C[C@H](C#N)[C@@]2(C1)C(=O)Nc1ccccc12. The van der Waals surface area contributed by atoms with Crippen molar-refractivity contribution in [2.45, 2.75) is 5.41 Å². The van der Waals surface area contributed by atoms with Crippen LogP contribution in [0.5, 0.6) is 0 Å². The summed E-state index contributed by atoms with van der Waals surface area (Å²) >= 11 is 0. The smallest absolute Gasteiger partial charge is 0.238 e. The van der Waals surface area contributed by atoms with E-state index in [9.17, 15) is 15.3 Å². The number of carbonyl (C=O) groups is 1. The van der Waals surface area contributed by atoms with E-state index in [1.54, 1.807) is 18.3 Å². The summed E-state index contributed by atoms with van der Waals surface area (Å²) in [5.41, 5.74) is 1.12. The van der Waals surface area contributed by atoms with Crippen LogP contribution in [0.2, 0.25) is 0 Å². The fourth-order valence-electron chi connectivity index (χ4n) is 3.74. The van der Waals surface area contributed by atoms with E-state index < -0.39 is 11.3 Å². The highest BCUT2D eigenvalue weighted by molar-refractivity contribution is 6.07. The van der Waals surface area contributed by atoms with Crippen LogP contribution in [-0.2, 0) is 10.2 Å². The zero-order valence-corrected chi connectivity index (χ0v) is 12.7. The minimum Gasteiger partial charge on any atom is -0.353 e. The van der Waals surface area contributed by atoms with Crippen molar-refractivity contribution < 1.29 is 4.79 Å². The minimum atomic E-state index is -0.921. The second-order valence-corrected chi connectivity index (χ2v) is 6.02. The first-order valence-corrected chi connectivity index (χ1v) is 7.61. The normalized spacial score (nSPS) is 24.3. The average molecular weight is 315 g/mol. The largest absolute Gasteiger partial charge is 0.353 e. The monoisotopic (exact) mass is 315 g/mol. The van der Waals surface area contributed by atoms with E-state index in [0.29, 0.717) is 24.5 Å². The number of benzene rings is 1. The summed E-state index contributed by atoms with van der Waals surface area (Å²) in [6, 6.07) is 15.3. The first kappa shape index (κ1) is 14.2. The average Bonchev–Trinajstić information content (AvgIpc) is 3.15. The third-order valence-electron chi connectivity index (χ3n) is 4.86. The van der Waals surface area contributed by atoms with Crippen LogP contribution in [0, 0.1) is 28.6 Å². The van der Waals surface area contributed by atoms with E-state index in [-0.39, 0.29) is 5.91 Å². The summed E-state index contributed by atoms with van der Waals surface area (Å²) in [6.07, 6.45) is 1.62. The van der Waals surface area contributed by atoms with E-state index in [1.165, 1.54) is 0 Å². The summed E-state index contributed by atoms with van der Waals surface area (Å²) in [5.74, 6) is -0.142. The number of rotatable bonds is 1. The van der Waals surface area contributed by atoms with Crippen molar-refractivity contribution in [3.8, 4) is 12.1 Å². The Morgan fingerprint density at radius 3 is 2.88 bits per heavy atom. The van der Waals surface area contributed by atoms with Gasteiger partial charge in [-0.25, -0.2) is 4.98 Å². The van der Waals surface area contributed by atoms with Gasteiger partial charge in [0.05, 0.1) is 17.6 Å². The number of fused-ring (bicyclic) bond motifs is 2. The molecule has 2 atom stereocenters. The van der Waals surface area contributed by atoms with Crippen molar-refractivity contribution >= 4 is 17.4 Å². The van der Waals surface area contributed by atoms with Crippen molar-refractivity contribution in [3.63, 3.8) is 0 Å². The van der Waals surface area contributed by atoms with Gasteiger partial charge >= 0.3 is 0 Å². The molecule has 116 valence electrons. The maximum Gasteiger partial charge on any atom is 0.238 e. The second-order valence-electron chi connectivity index (χ2n) is 6.02. The number of aromatic nitrogens is 1. The Labute approximate surface area is 139 Å². The van der Waals surface area contributed by atoms with Crippen LogP contribution >= 0.6 is 0 Å². The van der Waals surface area contributed by atoms with E-state index in [4.69, 9.17) is 0 Å². The van der Waals surface area contributed by atoms with Crippen molar-refractivity contribution in [1.29, 1.82) is 10.5 Å². The lowest BCUT2D eigenvalue weighted by molar-refractivity contribution is -0.120. The molecule has 4 rings (SSSR count). The van der Waals surface area contributed by atoms with E-state index in [1.807, 2.05) is 29.2 Å². The molecule has 6 nitrogen and oxygen atoms in total. The highest BCUT2D eigenvalue weighted by Gasteiger charge is 2.58. The molecule has 1 N–H and O–H groups in total. The Morgan fingerprint density at radius 1 is 1.25 bits per heavy atom. The van der Waals surface area contributed by atoms with Gasteiger partial charge in [0, 0.05) is 25.0 Å². The van der Waals surface area contributed by atoms with Gasteiger partial charge in [-0.05, 0) is 23.8 Å². The summed E-state index contributed by atoms with van der Waals surface area (Å²) in [4.78, 5) is 18.9. The number of para-hydroxylation sites is 1. The molecule has 2 aliphatic heterocycles. The van der Waals surface area contributed by atoms with E-state index in [2.05, 4.69) is 22.4 Å². The first-order chi connectivity index (χ1) is 11.7. The zero-order chi connectivity index (χ0) is 16.7. The lowest BCUT2D eigenvalue weighted by Gasteiger charge is -2.24. The molecule has 3 heterocycles. The van der Waals surface area contributed by atoms with Gasteiger partial charge in [-0.1, -0.05) is 18.2 Å². The molecule has 0 bridgehead atoms. The van der Waals surface area contributed by atoms with E-state index in [0.717, 1.165) is 11.3 Å². The number of pyridine rings is 1. The third-order valence-corrected chi connectivity index (χ3v) is 4.86. The molecular weight excluding hydrogens is 302 g/mol. The third kappa shape index (κ3) is 1.74. The second kappa shape index (κ2) is 5.07. The van der Waals surface area contributed by atoms with Gasteiger partial charge in [0.15, 0.2) is 0 Å². The summed E-state index contributed by atoms with van der Waals surface area (Å²) in [5, 5.41) is 21.9. The van der Waals surface area contributed by atoms with Gasteiger partial charge < -0.3 is 10.2 Å². The molecule has 1 aromatic carbocycles. The molecule has 1 spiro atoms. The van der Waals surface area contributed by atoms with Gasteiger partial charge in [-0.15, -0.1) is 0 Å². The molecule has 0 saturated carbocycles. The number of amides is 1. The molecule has 6 heteroatoms. The van der Waals surface area contributed by atoms with Crippen LogP contribution in [0.15, 0.2) is 42.6 Å². The number of hydrogen-bond donors (Lipinski definition) is 1. The summed E-state index contributed by atoms with van der Waals surface area (Å²) in [7, 11) is 0. The molecule has 24 heavy (non-hydrogen) atoms. The lowest BCUT2D eigenvalue weighted by atomic mass is 9.74. The van der Waals surface area contributed by atoms with Crippen LogP contribution in [0.3, 0.4) is 0 Å². The summed E-state index contributed by atoms with van der Waals surface area (Å²) in [6.45, 7) is 0.698. The molecule has 0 unspecified atom stereocenters. The van der Waals surface area contributed by atoms with Crippen LogP contribution in [0.4, 0.5) is 11.5 Å². The van der Waals surface area contributed by atoms with Crippen molar-refractivity contribution in [2.75, 3.05) is 23.3 Å². The lowest BCUT2D eigenvalue weighted by Crippen LogP contribution is -2.42. The van der Waals surface area contributed by atoms with Gasteiger partial charge in [0.25, 0.3) is 0 Å². The Hall–Kier alpha value is -3.38. The molecule has 0 aliphatic carbocycles. The Morgan fingerprint density at radius 2 is 2.08 bits per heavy atom. The molecule has 2 aromatic rings. The quantitative estimate of drug-likeness (QED) is 0.866. The highest BCUT2D eigenvalue weighted by Crippen LogP contribution is 2.48. The number of carbonyl (C=O) groups excluding carboxylic acids is 1. The highest BCUT2D eigenvalue weighted by atomic mass is 16.2. The van der Waals surface area contributed by atoms with Gasteiger partial charge in [-0.2, -0.15) is 10.5 Å². The Balaban J connectivity index is 1.83. The van der Waals surface area contributed by atoms with Gasteiger partial charge in [0.1, 0.15) is 17.3 Å². The first-order valence-electron chi connectivity index (χ1n) is 7.61. The number of nitriles is 2. The van der Waals surface area contributed by atoms with Crippen molar-refractivity contribution in [3.05, 3.63) is 53.7 Å². The fraction of sp³-hybridized carbons (Fsp3) is 0.222. The molecule has 1 fully saturated rings. The van der Waals surface area contributed by atoms with Crippen molar-refractivity contribution in [2.24, 2.45) is 5.92 Å². The summed E-state index contributed by atoms with van der Waals surface area (Å²) < 4.78 is 0. The van der Waals surface area contributed by atoms with Gasteiger partial charge in [-0.3, -0.25) is 4.79 Å². The van der Waals surface area contributed by atoms with Crippen LogP contribution in [-0.4, -0.2) is 24.0 Å². The maximum atomic E-state index is 12.8. The van der Waals surface area contributed by atoms with Gasteiger partial charge in [0.2, 0.25) is 5.91 Å². The molecule has 1 amide bonds. The maximum absolute atomic E-state index is 12.8. The number of nitrogens with one attached hydrogen (secondary N) is 1. The predicted octanol–water partition coefficient (Wildman–Crippen LogP) is 1.80. The number of nitrogens with zero attached hydrogens (tertiary/aromatic N) is 4. The van der Waals surface area contributed by atoms with Crippen LogP contribution in [0.25, 0.3) is 0 Å². The Bertz CT molecular complexity index is 925. The molecular formula is C18H13N5O. The van der Waals surface area contributed by atoms with Crippen LogP contribution < -0.4 is 10.2 Å². The zero-order valence-electron chi connectivity index (χ0n) is 12.7. The van der Waals surface area contributed by atoms with Crippen molar-refractivity contribution in [1.82, 2.24) is 4.98 Å².